The zero-order valence-corrected chi connectivity index (χ0v) is 13.0. The molecule has 1 atom stereocenters. The topological polar surface area (TPSA) is 93.2 Å². The fourth-order valence-electron chi connectivity index (χ4n) is 2.42. The van der Waals surface area contributed by atoms with Gasteiger partial charge in [-0.2, -0.15) is 5.10 Å². The summed E-state index contributed by atoms with van der Waals surface area (Å²) < 4.78 is 15.8. The SMILES string of the molecule is Cc1cccc(-n2ncc3cc(F)c(NC(=O)C(N)CO)cc32)c1. The van der Waals surface area contributed by atoms with Gasteiger partial charge in [-0.3, -0.25) is 4.79 Å². The maximum atomic E-state index is 14.2. The first kappa shape index (κ1) is 16.1. The Labute approximate surface area is 137 Å². The molecule has 3 rings (SSSR count). The number of fused-ring (bicyclic) bond motifs is 1. The minimum absolute atomic E-state index is 0.00852. The van der Waals surface area contributed by atoms with Gasteiger partial charge in [0.15, 0.2) is 0 Å². The molecule has 0 aliphatic rings. The van der Waals surface area contributed by atoms with Crippen LogP contribution in [0.15, 0.2) is 42.6 Å². The van der Waals surface area contributed by atoms with Crippen LogP contribution in [0.5, 0.6) is 0 Å². The highest BCUT2D eigenvalue weighted by Crippen LogP contribution is 2.25. The third kappa shape index (κ3) is 2.99. The molecule has 7 heteroatoms. The molecule has 0 bridgehead atoms. The minimum Gasteiger partial charge on any atom is -0.394 e. The Morgan fingerprint density at radius 1 is 1.42 bits per heavy atom. The number of aryl methyl sites for hydroxylation is 1. The molecule has 0 aliphatic heterocycles. The summed E-state index contributed by atoms with van der Waals surface area (Å²) in [5.41, 5.74) is 7.99. The summed E-state index contributed by atoms with van der Waals surface area (Å²) in [6, 6.07) is 9.41. The fourth-order valence-corrected chi connectivity index (χ4v) is 2.42. The second-order valence-corrected chi connectivity index (χ2v) is 5.56. The first-order chi connectivity index (χ1) is 11.5. The standard InChI is InChI=1S/C17H17FN4O2/c1-10-3-2-4-12(5-10)22-16-7-15(21-17(24)14(19)9-23)13(18)6-11(16)8-20-22/h2-8,14,23H,9,19H2,1H3,(H,21,24). The molecule has 6 nitrogen and oxygen atoms in total. The van der Waals surface area contributed by atoms with Gasteiger partial charge in [0.25, 0.3) is 0 Å². The zero-order chi connectivity index (χ0) is 17.3. The number of anilines is 1. The van der Waals surface area contributed by atoms with Crippen LogP contribution in [0, 0.1) is 12.7 Å². The van der Waals surface area contributed by atoms with Gasteiger partial charge in [0.2, 0.25) is 5.91 Å². The van der Waals surface area contributed by atoms with Crippen LogP contribution in [0.2, 0.25) is 0 Å². The number of nitrogens with zero attached hydrogens (tertiary/aromatic N) is 2. The molecule has 4 N–H and O–H groups in total. The number of rotatable bonds is 4. The molecule has 2 aromatic carbocycles. The van der Waals surface area contributed by atoms with Crippen LogP contribution in [0.1, 0.15) is 5.56 Å². The van der Waals surface area contributed by atoms with Crippen LogP contribution in [0.3, 0.4) is 0 Å². The zero-order valence-electron chi connectivity index (χ0n) is 13.0. The van der Waals surface area contributed by atoms with Crippen molar-refractivity contribution in [2.75, 3.05) is 11.9 Å². The maximum absolute atomic E-state index is 14.2. The quantitative estimate of drug-likeness (QED) is 0.680. The van der Waals surface area contributed by atoms with Crippen LogP contribution in [0.4, 0.5) is 10.1 Å². The van der Waals surface area contributed by atoms with Crippen molar-refractivity contribution in [3.63, 3.8) is 0 Å². The highest BCUT2D eigenvalue weighted by molar-refractivity contribution is 5.97. The van der Waals surface area contributed by atoms with Crippen LogP contribution in [-0.4, -0.2) is 33.4 Å². The van der Waals surface area contributed by atoms with Gasteiger partial charge >= 0.3 is 0 Å². The van der Waals surface area contributed by atoms with E-state index in [0.717, 1.165) is 11.3 Å². The van der Waals surface area contributed by atoms with Crippen molar-refractivity contribution in [1.82, 2.24) is 9.78 Å². The first-order valence-corrected chi connectivity index (χ1v) is 7.41. The number of carbonyl (C=O) groups is 1. The number of hydrogen-bond donors (Lipinski definition) is 3. The van der Waals surface area contributed by atoms with E-state index in [9.17, 15) is 9.18 Å². The number of benzene rings is 2. The van der Waals surface area contributed by atoms with Crippen molar-refractivity contribution in [3.05, 3.63) is 54.0 Å². The molecular formula is C17H17FN4O2. The Morgan fingerprint density at radius 3 is 2.92 bits per heavy atom. The van der Waals surface area contributed by atoms with Crippen LogP contribution < -0.4 is 11.1 Å². The Balaban J connectivity index is 2.05. The third-order valence-corrected chi connectivity index (χ3v) is 3.69. The normalized spacial score (nSPS) is 12.3. The average Bonchev–Trinajstić information content (AvgIpc) is 2.97. The summed E-state index contributed by atoms with van der Waals surface area (Å²) in [5, 5.41) is 16.2. The molecule has 0 saturated carbocycles. The number of amides is 1. The predicted octanol–water partition coefficient (Wildman–Crippen LogP) is 1.73. The summed E-state index contributed by atoms with van der Waals surface area (Å²) in [6.45, 7) is 1.45. The number of aliphatic hydroxyl groups excluding tert-OH is 1. The van der Waals surface area contributed by atoms with E-state index in [1.165, 1.54) is 12.1 Å². The average molecular weight is 328 g/mol. The van der Waals surface area contributed by atoms with E-state index in [1.807, 2.05) is 31.2 Å². The largest absolute Gasteiger partial charge is 0.394 e. The Kier molecular flexibility index (Phi) is 4.28. The number of hydrogen-bond acceptors (Lipinski definition) is 4. The van der Waals surface area contributed by atoms with Crippen LogP contribution in [0.25, 0.3) is 16.6 Å². The molecule has 1 unspecified atom stereocenters. The molecule has 24 heavy (non-hydrogen) atoms. The molecular weight excluding hydrogens is 311 g/mol. The number of nitrogens with one attached hydrogen (secondary N) is 1. The van der Waals surface area contributed by atoms with Crippen molar-refractivity contribution in [2.24, 2.45) is 5.73 Å². The number of halogens is 1. The lowest BCUT2D eigenvalue weighted by Gasteiger charge is -2.11. The monoisotopic (exact) mass is 328 g/mol. The molecule has 1 aromatic heterocycles. The van der Waals surface area contributed by atoms with Crippen molar-refractivity contribution in [2.45, 2.75) is 13.0 Å². The van der Waals surface area contributed by atoms with Crippen molar-refractivity contribution >= 4 is 22.5 Å². The molecule has 3 aromatic rings. The summed E-state index contributed by atoms with van der Waals surface area (Å²) in [4.78, 5) is 11.8. The van der Waals surface area contributed by atoms with E-state index < -0.39 is 24.4 Å². The highest BCUT2D eigenvalue weighted by Gasteiger charge is 2.16. The summed E-state index contributed by atoms with van der Waals surface area (Å²) in [7, 11) is 0. The van der Waals surface area contributed by atoms with Gasteiger partial charge in [-0.05, 0) is 36.8 Å². The molecule has 0 spiro atoms. The molecule has 0 saturated heterocycles. The first-order valence-electron chi connectivity index (χ1n) is 7.41. The fraction of sp³-hybridized carbons (Fsp3) is 0.176. The smallest absolute Gasteiger partial charge is 0.243 e. The number of carbonyl (C=O) groups excluding carboxylic acids is 1. The maximum Gasteiger partial charge on any atom is 0.243 e. The van der Waals surface area contributed by atoms with Crippen LogP contribution in [-0.2, 0) is 4.79 Å². The Morgan fingerprint density at radius 2 is 2.21 bits per heavy atom. The van der Waals surface area contributed by atoms with Gasteiger partial charge < -0.3 is 16.2 Å². The molecule has 1 amide bonds. The van der Waals surface area contributed by atoms with Crippen molar-refractivity contribution < 1.29 is 14.3 Å². The van der Waals surface area contributed by atoms with Gasteiger partial charge in [-0.25, -0.2) is 9.07 Å². The second kappa shape index (κ2) is 6.38. The van der Waals surface area contributed by atoms with E-state index in [4.69, 9.17) is 10.8 Å². The van der Waals surface area contributed by atoms with Gasteiger partial charge in [0.05, 0.1) is 29.7 Å². The number of nitrogens with two attached hydrogens (primary N) is 1. The lowest BCUT2D eigenvalue weighted by Crippen LogP contribution is -2.38. The minimum atomic E-state index is -1.11. The van der Waals surface area contributed by atoms with Gasteiger partial charge in [-0.15, -0.1) is 0 Å². The molecule has 0 fully saturated rings. The van der Waals surface area contributed by atoms with E-state index in [2.05, 4.69) is 10.4 Å². The highest BCUT2D eigenvalue weighted by atomic mass is 19.1. The van der Waals surface area contributed by atoms with E-state index in [1.54, 1.807) is 10.9 Å². The Hall–Kier alpha value is -2.77. The lowest BCUT2D eigenvalue weighted by atomic mass is 10.2. The van der Waals surface area contributed by atoms with E-state index in [-0.39, 0.29) is 5.69 Å². The van der Waals surface area contributed by atoms with Crippen LogP contribution >= 0.6 is 0 Å². The van der Waals surface area contributed by atoms with Gasteiger partial charge in [0.1, 0.15) is 11.9 Å². The second-order valence-electron chi connectivity index (χ2n) is 5.56. The number of aliphatic hydroxyl groups is 1. The molecule has 1 heterocycles. The Bertz CT molecular complexity index is 907. The summed E-state index contributed by atoms with van der Waals surface area (Å²) in [5.74, 6) is -1.25. The molecule has 124 valence electrons. The molecule has 0 radical (unpaired) electrons. The van der Waals surface area contributed by atoms with Crippen molar-refractivity contribution in [1.29, 1.82) is 0 Å². The van der Waals surface area contributed by atoms with Crippen molar-refractivity contribution in [3.8, 4) is 5.69 Å². The van der Waals surface area contributed by atoms with Gasteiger partial charge in [0, 0.05) is 5.39 Å². The summed E-state index contributed by atoms with van der Waals surface area (Å²) in [6.07, 6.45) is 1.56. The van der Waals surface area contributed by atoms with Gasteiger partial charge in [-0.1, -0.05) is 12.1 Å². The number of aromatic nitrogens is 2. The predicted molar refractivity (Wildman–Crippen MR) is 89.5 cm³/mol. The molecule has 0 aliphatic carbocycles. The van der Waals surface area contributed by atoms with E-state index >= 15 is 0 Å². The summed E-state index contributed by atoms with van der Waals surface area (Å²) >= 11 is 0. The lowest BCUT2D eigenvalue weighted by molar-refractivity contribution is -0.118. The van der Waals surface area contributed by atoms with E-state index in [0.29, 0.717) is 10.9 Å². The third-order valence-electron chi connectivity index (χ3n) is 3.69.